The Morgan fingerprint density at radius 2 is 1.60 bits per heavy atom. The molecular weight excluding hydrogens is 314 g/mol. The van der Waals surface area contributed by atoms with E-state index < -0.39 is 0 Å². The van der Waals surface area contributed by atoms with E-state index in [9.17, 15) is 9.59 Å². The minimum Gasteiger partial charge on any atom is -0.469 e. The third-order valence-corrected chi connectivity index (χ3v) is 4.04. The molecule has 1 amide bonds. The second-order valence-corrected chi connectivity index (χ2v) is 5.95. The van der Waals surface area contributed by atoms with Gasteiger partial charge in [0.25, 0.3) is 0 Å². The first-order chi connectivity index (χ1) is 12.1. The lowest BCUT2D eigenvalue weighted by Crippen LogP contribution is -2.32. The van der Waals surface area contributed by atoms with E-state index in [-0.39, 0.29) is 11.9 Å². The molecule has 0 bridgehead atoms. The van der Waals surface area contributed by atoms with Crippen molar-refractivity contribution in [1.29, 1.82) is 0 Å². The second-order valence-electron chi connectivity index (χ2n) is 5.95. The van der Waals surface area contributed by atoms with Crippen molar-refractivity contribution in [1.82, 2.24) is 0 Å². The van der Waals surface area contributed by atoms with Gasteiger partial charge in [0, 0.05) is 18.7 Å². The molecule has 0 aromatic heterocycles. The van der Waals surface area contributed by atoms with E-state index in [4.69, 9.17) is 0 Å². The Labute approximate surface area is 149 Å². The first kappa shape index (κ1) is 18.7. The van der Waals surface area contributed by atoms with Crippen LogP contribution in [0.2, 0.25) is 0 Å². The molecule has 2 rings (SSSR count). The van der Waals surface area contributed by atoms with Gasteiger partial charge in [0.15, 0.2) is 0 Å². The van der Waals surface area contributed by atoms with Gasteiger partial charge < -0.3 is 9.64 Å². The Morgan fingerprint density at radius 3 is 2.20 bits per heavy atom. The van der Waals surface area contributed by atoms with E-state index in [1.165, 1.54) is 7.11 Å². The van der Waals surface area contributed by atoms with Crippen LogP contribution in [-0.2, 0) is 27.2 Å². The number of aryl methyl sites for hydroxylation is 1. The molecule has 0 saturated carbocycles. The number of rotatable bonds is 8. The average molecular weight is 339 g/mol. The number of benzene rings is 2. The van der Waals surface area contributed by atoms with Crippen LogP contribution in [0.15, 0.2) is 54.6 Å². The van der Waals surface area contributed by atoms with Crippen molar-refractivity contribution in [2.75, 3.05) is 18.6 Å². The van der Waals surface area contributed by atoms with Crippen LogP contribution >= 0.6 is 0 Å². The Bertz CT molecular complexity index is 680. The van der Waals surface area contributed by atoms with Crippen molar-refractivity contribution in [3.05, 3.63) is 65.7 Å². The zero-order valence-corrected chi connectivity index (χ0v) is 14.9. The first-order valence-electron chi connectivity index (χ1n) is 8.64. The van der Waals surface area contributed by atoms with Gasteiger partial charge in [-0.1, -0.05) is 49.4 Å². The molecule has 0 atom stereocenters. The molecule has 0 heterocycles. The average Bonchev–Trinajstić information content (AvgIpc) is 2.65. The quantitative estimate of drug-likeness (QED) is 0.688. The number of hydrogen-bond acceptors (Lipinski definition) is 3. The summed E-state index contributed by atoms with van der Waals surface area (Å²) in [6.07, 6.45) is 2.29. The molecule has 0 saturated heterocycles. The van der Waals surface area contributed by atoms with Crippen molar-refractivity contribution in [2.45, 2.75) is 32.6 Å². The highest BCUT2D eigenvalue weighted by Gasteiger charge is 2.15. The molecule has 132 valence electrons. The Morgan fingerprint density at radius 1 is 0.960 bits per heavy atom. The summed E-state index contributed by atoms with van der Waals surface area (Å²) in [6.45, 7) is 2.78. The molecule has 0 aliphatic carbocycles. The van der Waals surface area contributed by atoms with Gasteiger partial charge in [0.2, 0.25) is 5.91 Å². The fourth-order valence-corrected chi connectivity index (χ4v) is 2.67. The zero-order valence-electron chi connectivity index (χ0n) is 14.9. The number of esters is 1. The Balaban J connectivity index is 1.99. The third kappa shape index (κ3) is 5.75. The van der Waals surface area contributed by atoms with Crippen molar-refractivity contribution in [3.63, 3.8) is 0 Å². The lowest BCUT2D eigenvalue weighted by atomic mass is 10.0. The van der Waals surface area contributed by atoms with Crippen LogP contribution in [0.25, 0.3) is 0 Å². The van der Waals surface area contributed by atoms with E-state index in [1.54, 1.807) is 0 Å². The molecule has 0 spiro atoms. The van der Waals surface area contributed by atoms with Gasteiger partial charge in [-0.25, -0.2) is 0 Å². The predicted molar refractivity (Wildman–Crippen MR) is 99.6 cm³/mol. The van der Waals surface area contributed by atoms with E-state index >= 15 is 0 Å². The summed E-state index contributed by atoms with van der Waals surface area (Å²) in [5.41, 5.74) is 2.97. The molecule has 2 aromatic carbocycles. The highest BCUT2D eigenvalue weighted by atomic mass is 16.5. The maximum absolute atomic E-state index is 12.7. The minimum absolute atomic E-state index is 0.0929. The number of carbonyl (C=O) groups is 2. The van der Waals surface area contributed by atoms with Crippen molar-refractivity contribution >= 4 is 17.6 Å². The van der Waals surface area contributed by atoms with Crippen LogP contribution in [0.3, 0.4) is 0 Å². The van der Waals surface area contributed by atoms with Gasteiger partial charge in [-0.05, 0) is 36.1 Å². The molecule has 0 aliphatic heterocycles. The van der Waals surface area contributed by atoms with Crippen LogP contribution in [-0.4, -0.2) is 25.5 Å². The van der Waals surface area contributed by atoms with Gasteiger partial charge in [-0.3, -0.25) is 9.59 Å². The van der Waals surface area contributed by atoms with Crippen LogP contribution in [0.5, 0.6) is 0 Å². The fourth-order valence-electron chi connectivity index (χ4n) is 2.67. The molecule has 0 aliphatic rings. The number of amides is 1. The molecule has 2 aromatic rings. The standard InChI is InChI=1S/C21H25NO3/c1-3-15-22(19-7-5-4-6-8-19)20(23)16-18-11-9-17(10-12-18)13-14-21(24)25-2/h4-12H,3,13-16H2,1-2H3. The monoisotopic (exact) mass is 339 g/mol. The molecule has 0 fully saturated rings. The highest BCUT2D eigenvalue weighted by Crippen LogP contribution is 2.16. The summed E-state index contributed by atoms with van der Waals surface area (Å²) in [5, 5.41) is 0. The van der Waals surface area contributed by atoms with Gasteiger partial charge in [0.1, 0.15) is 0 Å². The van der Waals surface area contributed by atoms with Gasteiger partial charge in [-0.15, -0.1) is 0 Å². The van der Waals surface area contributed by atoms with E-state index in [0.717, 1.165) is 23.2 Å². The number of hydrogen-bond donors (Lipinski definition) is 0. The summed E-state index contributed by atoms with van der Waals surface area (Å²) in [6, 6.07) is 17.6. The van der Waals surface area contributed by atoms with Crippen LogP contribution in [0.1, 0.15) is 30.9 Å². The Hall–Kier alpha value is -2.62. The fraction of sp³-hybridized carbons (Fsp3) is 0.333. The molecule has 0 radical (unpaired) electrons. The summed E-state index contributed by atoms with van der Waals surface area (Å²) in [5.74, 6) is -0.118. The van der Waals surface area contributed by atoms with Gasteiger partial charge in [0.05, 0.1) is 13.5 Å². The number of carbonyl (C=O) groups excluding carboxylic acids is 2. The minimum atomic E-state index is -0.211. The number of ether oxygens (including phenoxy) is 1. The lowest BCUT2D eigenvalue weighted by Gasteiger charge is -2.22. The van der Waals surface area contributed by atoms with Crippen molar-refractivity contribution < 1.29 is 14.3 Å². The van der Waals surface area contributed by atoms with Crippen LogP contribution in [0.4, 0.5) is 5.69 Å². The normalized spacial score (nSPS) is 10.3. The molecule has 4 heteroatoms. The second kappa shape index (κ2) is 9.62. The summed E-state index contributed by atoms with van der Waals surface area (Å²) >= 11 is 0. The first-order valence-corrected chi connectivity index (χ1v) is 8.64. The molecule has 0 N–H and O–H groups in total. The summed E-state index contributed by atoms with van der Waals surface area (Å²) < 4.78 is 4.65. The molecular formula is C21H25NO3. The van der Waals surface area contributed by atoms with Gasteiger partial charge >= 0.3 is 5.97 Å². The number of methoxy groups -OCH3 is 1. The maximum Gasteiger partial charge on any atom is 0.305 e. The summed E-state index contributed by atoms with van der Waals surface area (Å²) in [7, 11) is 1.39. The van der Waals surface area contributed by atoms with E-state index in [1.807, 2.05) is 59.5 Å². The van der Waals surface area contributed by atoms with Crippen LogP contribution in [0, 0.1) is 0 Å². The third-order valence-electron chi connectivity index (χ3n) is 4.04. The smallest absolute Gasteiger partial charge is 0.305 e. The lowest BCUT2D eigenvalue weighted by molar-refractivity contribution is -0.140. The van der Waals surface area contributed by atoms with E-state index in [0.29, 0.717) is 25.8 Å². The Kier molecular flexibility index (Phi) is 7.20. The number of para-hydroxylation sites is 1. The topological polar surface area (TPSA) is 46.6 Å². The molecule has 25 heavy (non-hydrogen) atoms. The number of nitrogens with zero attached hydrogens (tertiary/aromatic N) is 1. The molecule has 0 unspecified atom stereocenters. The van der Waals surface area contributed by atoms with Gasteiger partial charge in [-0.2, -0.15) is 0 Å². The maximum atomic E-state index is 12.7. The van der Waals surface area contributed by atoms with Crippen molar-refractivity contribution in [3.8, 4) is 0 Å². The van der Waals surface area contributed by atoms with Crippen molar-refractivity contribution in [2.24, 2.45) is 0 Å². The largest absolute Gasteiger partial charge is 0.469 e. The number of anilines is 1. The van der Waals surface area contributed by atoms with E-state index in [2.05, 4.69) is 11.7 Å². The predicted octanol–water partition coefficient (Wildman–Crippen LogP) is 3.78. The highest BCUT2D eigenvalue weighted by molar-refractivity contribution is 5.94. The summed E-state index contributed by atoms with van der Waals surface area (Å²) in [4.78, 5) is 25.7. The molecule has 4 nitrogen and oxygen atoms in total. The SMILES string of the molecule is CCCN(C(=O)Cc1ccc(CCC(=O)OC)cc1)c1ccccc1. The zero-order chi connectivity index (χ0) is 18.1. The van der Waals surface area contributed by atoms with Crippen LogP contribution < -0.4 is 4.90 Å².